The van der Waals surface area contributed by atoms with Crippen molar-refractivity contribution in [1.82, 2.24) is 10.2 Å². The number of hydrogen-bond donors (Lipinski definition) is 1. The van der Waals surface area contributed by atoms with Gasteiger partial charge in [-0.15, -0.1) is 10.2 Å². The van der Waals surface area contributed by atoms with Gasteiger partial charge in [0, 0.05) is 31.9 Å². The first kappa shape index (κ1) is 18.8. The van der Waals surface area contributed by atoms with Crippen LogP contribution in [0.15, 0.2) is 60.7 Å². The highest BCUT2D eigenvalue weighted by molar-refractivity contribution is 6.03. The molecule has 1 N–H and O–H groups in total. The Balaban J connectivity index is 1.36. The number of halogens is 2. The van der Waals surface area contributed by atoms with E-state index in [4.69, 9.17) is 0 Å². The SMILES string of the molecule is O=C(Nc1ccc(N2CCN(c3ccc(F)cc3)CC2)nn1)c1ccccc1F. The predicted octanol–water partition coefficient (Wildman–Crippen LogP) is 3.33. The minimum absolute atomic E-state index is 0.0460. The summed E-state index contributed by atoms with van der Waals surface area (Å²) in [5, 5.41) is 10.8. The minimum atomic E-state index is -0.589. The van der Waals surface area contributed by atoms with E-state index in [9.17, 15) is 13.6 Å². The lowest BCUT2D eigenvalue weighted by Crippen LogP contribution is -2.46. The van der Waals surface area contributed by atoms with Crippen LogP contribution in [0.5, 0.6) is 0 Å². The summed E-state index contributed by atoms with van der Waals surface area (Å²) in [4.78, 5) is 16.4. The molecule has 1 aliphatic rings. The van der Waals surface area contributed by atoms with Crippen LogP contribution < -0.4 is 15.1 Å². The fourth-order valence-electron chi connectivity index (χ4n) is 3.24. The van der Waals surface area contributed by atoms with Crippen LogP contribution in [-0.2, 0) is 0 Å². The van der Waals surface area contributed by atoms with Crippen molar-refractivity contribution in [3.05, 3.63) is 77.9 Å². The fraction of sp³-hybridized carbons (Fsp3) is 0.190. The van der Waals surface area contributed by atoms with Gasteiger partial charge in [-0.05, 0) is 48.5 Å². The predicted molar refractivity (Wildman–Crippen MR) is 107 cm³/mol. The van der Waals surface area contributed by atoms with Gasteiger partial charge in [-0.2, -0.15) is 0 Å². The minimum Gasteiger partial charge on any atom is -0.368 e. The van der Waals surface area contributed by atoms with Gasteiger partial charge in [-0.1, -0.05) is 12.1 Å². The maximum atomic E-state index is 13.7. The molecule has 0 saturated carbocycles. The van der Waals surface area contributed by atoms with Crippen molar-refractivity contribution in [3.63, 3.8) is 0 Å². The smallest absolute Gasteiger partial charge is 0.259 e. The summed E-state index contributed by atoms with van der Waals surface area (Å²) in [5.74, 6) is -0.448. The highest BCUT2D eigenvalue weighted by atomic mass is 19.1. The summed E-state index contributed by atoms with van der Waals surface area (Å²) < 4.78 is 26.8. The first-order valence-electron chi connectivity index (χ1n) is 9.25. The maximum absolute atomic E-state index is 13.7. The number of piperazine rings is 1. The van der Waals surface area contributed by atoms with Crippen molar-refractivity contribution < 1.29 is 13.6 Å². The number of amides is 1. The number of hydrogen-bond acceptors (Lipinski definition) is 5. The molecule has 6 nitrogen and oxygen atoms in total. The van der Waals surface area contributed by atoms with E-state index in [0.29, 0.717) is 5.82 Å². The molecule has 1 amide bonds. The van der Waals surface area contributed by atoms with Gasteiger partial charge in [-0.3, -0.25) is 4.79 Å². The van der Waals surface area contributed by atoms with Crippen LogP contribution in [0.1, 0.15) is 10.4 Å². The molecule has 1 fully saturated rings. The Morgan fingerprint density at radius 2 is 1.52 bits per heavy atom. The van der Waals surface area contributed by atoms with Crippen molar-refractivity contribution >= 4 is 23.2 Å². The molecule has 1 aromatic heterocycles. The number of carbonyl (C=O) groups excluding carboxylic acids is 1. The Labute approximate surface area is 166 Å². The van der Waals surface area contributed by atoms with Crippen molar-refractivity contribution in [3.8, 4) is 0 Å². The average Bonchev–Trinajstić information content (AvgIpc) is 2.75. The van der Waals surface area contributed by atoms with E-state index in [1.54, 1.807) is 30.3 Å². The molecule has 2 aromatic carbocycles. The van der Waals surface area contributed by atoms with Gasteiger partial charge in [0.25, 0.3) is 5.91 Å². The summed E-state index contributed by atoms with van der Waals surface area (Å²) >= 11 is 0. The van der Waals surface area contributed by atoms with Gasteiger partial charge in [0.05, 0.1) is 5.56 Å². The Morgan fingerprint density at radius 1 is 0.828 bits per heavy atom. The first-order chi connectivity index (χ1) is 14.1. The third-order valence-electron chi connectivity index (χ3n) is 4.81. The molecule has 148 valence electrons. The number of rotatable bonds is 4. The quantitative estimate of drug-likeness (QED) is 0.734. The molecule has 8 heteroatoms. The highest BCUT2D eigenvalue weighted by Crippen LogP contribution is 2.20. The van der Waals surface area contributed by atoms with E-state index in [1.165, 1.54) is 30.3 Å². The standard InChI is InChI=1S/C21H19F2N5O/c22-15-5-7-16(8-6-15)27-11-13-28(14-12-27)20-10-9-19(25-26-20)24-21(29)17-3-1-2-4-18(17)23/h1-10H,11-14H2,(H,24,25,29). The lowest BCUT2D eigenvalue weighted by Gasteiger charge is -2.36. The largest absolute Gasteiger partial charge is 0.368 e. The monoisotopic (exact) mass is 395 g/mol. The van der Waals surface area contributed by atoms with Crippen LogP contribution in [-0.4, -0.2) is 42.3 Å². The van der Waals surface area contributed by atoms with E-state index in [0.717, 1.165) is 31.9 Å². The van der Waals surface area contributed by atoms with E-state index in [-0.39, 0.29) is 17.2 Å². The molecule has 0 spiro atoms. The Hall–Kier alpha value is -3.55. The third-order valence-corrected chi connectivity index (χ3v) is 4.81. The van der Waals surface area contributed by atoms with Crippen LogP contribution >= 0.6 is 0 Å². The van der Waals surface area contributed by atoms with Gasteiger partial charge >= 0.3 is 0 Å². The zero-order valence-corrected chi connectivity index (χ0v) is 15.6. The summed E-state index contributed by atoms with van der Waals surface area (Å²) in [6, 6.07) is 15.7. The number of anilines is 3. The first-order valence-corrected chi connectivity index (χ1v) is 9.25. The summed E-state index contributed by atoms with van der Waals surface area (Å²) in [5.41, 5.74) is 0.943. The second kappa shape index (κ2) is 8.22. The van der Waals surface area contributed by atoms with Gasteiger partial charge < -0.3 is 15.1 Å². The number of aromatic nitrogens is 2. The topological polar surface area (TPSA) is 61.4 Å². The van der Waals surface area contributed by atoms with E-state index in [2.05, 4.69) is 25.3 Å². The molecule has 0 bridgehead atoms. The molecule has 3 aromatic rings. The highest BCUT2D eigenvalue weighted by Gasteiger charge is 2.19. The van der Waals surface area contributed by atoms with E-state index >= 15 is 0 Å². The molecule has 0 unspecified atom stereocenters. The number of nitrogens with one attached hydrogen (secondary N) is 1. The lowest BCUT2D eigenvalue weighted by atomic mass is 10.2. The van der Waals surface area contributed by atoms with Crippen LogP contribution in [0.4, 0.5) is 26.1 Å². The normalized spacial score (nSPS) is 14.0. The Bertz CT molecular complexity index is 987. The molecular formula is C21H19F2N5O. The summed E-state index contributed by atoms with van der Waals surface area (Å²) in [6.07, 6.45) is 0. The van der Waals surface area contributed by atoms with Gasteiger partial charge in [-0.25, -0.2) is 8.78 Å². The second-order valence-corrected chi connectivity index (χ2v) is 6.66. The van der Waals surface area contributed by atoms with Crippen molar-refractivity contribution in [1.29, 1.82) is 0 Å². The number of nitrogens with zero attached hydrogens (tertiary/aromatic N) is 4. The maximum Gasteiger partial charge on any atom is 0.259 e. The third kappa shape index (κ3) is 4.31. The van der Waals surface area contributed by atoms with Crippen LogP contribution in [0.3, 0.4) is 0 Å². The molecule has 0 atom stereocenters. The second-order valence-electron chi connectivity index (χ2n) is 6.66. The van der Waals surface area contributed by atoms with Crippen LogP contribution in [0.25, 0.3) is 0 Å². The molecular weight excluding hydrogens is 376 g/mol. The number of benzene rings is 2. The van der Waals surface area contributed by atoms with Gasteiger partial charge in [0.15, 0.2) is 11.6 Å². The Kier molecular flexibility index (Phi) is 5.33. The zero-order valence-electron chi connectivity index (χ0n) is 15.6. The van der Waals surface area contributed by atoms with E-state index in [1.807, 2.05) is 0 Å². The van der Waals surface area contributed by atoms with Crippen molar-refractivity contribution in [2.45, 2.75) is 0 Å². The zero-order chi connectivity index (χ0) is 20.2. The van der Waals surface area contributed by atoms with Gasteiger partial charge in [0.1, 0.15) is 11.6 Å². The molecule has 2 heterocycles. The van der Waals surface area contributed by atoms with E-state index < -0.39 is 11.7 Å². The molecule has 0 radical (unpaired) electrons. The van der Waals surface area contributed by atoms with Crippen LogP contribution in [0, 0.1) is 11.6 Å². The fourth-order valence-corrected chi connectivity index (χ4v) is 3.24. The molecule has 1 saturated heterocycles. The van der Waals surface area contributed by atoms with Crippen LogP contribution in [0.2, 0.25) is 0 Å². The molecule has 29 heavy (non-hydrogen) atoms. The molecule has 4 rings (SSSR count). The molecule has 0 aliphatic carbocycles. The summed E-state index contributed by atoms with van der Waals surface area (Å²) in [7, 11) is 0. The Morgan fingerprint density at radius 3 is 2.17 bits per heavy atom. The molecule has 1 aliphatic heterocycles. The summed E-state index contributed by atoms with van der Waals surface area (Å²) in [6.45, 7) is 3.04. The van der Waals surface area contributed by atoms with Gasteiger partial charge in [0.2, 0.25) is 0 Å². The lowest BCUT2D eigenvalue weighted by molar-refractivity contribution is 0.102. The van der Waals surface area contributed by atoms with Crippen molar-refractivity contribution in [2.75, 3.05) is 41.3 Å². The van der Waals surface area contributed by atoms with Crippen molar-refractivity contribution in [2.24, 2.45) is 0 Å². The average molecular weight is 395 g/mol. The number of carbonyl (C=O) groups is 1.